The van der Waals surface area contributed by atoms with Crippen molar-refractivity contribution in [3.05, 3.63) is 42.5 Å². The third kappa shape index (κ3) is 5.40. The van der Waals surface area contributed by atoms with E-state index in [-0.39, 0.29) is 18.0 Å². The topological polar surface area (TPSA) is 35.5 Å². The molecule has 1 saturated carbocycles. The fourth-order valence-electron chi connectivity index (χ4n) is 3.41. The van der Waals surface area contributed by atoms with Crippen LogP contribution in [0.3, 0.4) is 0 Å². The molecule has 0 aromatic heterocycles. The highest BCUT2D eigenvalue weighted by molar-refractivity contribution is 5.69. The summed E-state index contributed by atoms with van der Waals surface area (Å²) in [5.74, 6) is 1.07. The second-order valence-corrected chi connectivity index (χ2v) is 6.51. The zero-order chi connectivity index (χ0) is 17.2. The number of carbonyl (C=O) groups is 1. The van der Waals surface area contributed by atoms with Crippen LogP contribution in [0.1, 0.15) is 69.8 Å². The first-order valence-electron chi connectivity index (χ1n) is 9.28. The number of benzene rings is 1. The molecule has 3 heteroatoms. The molecule has 0 unspecified atom stereocenters. The summed E-state index contributed by atoms with van der Waals surface area (Å²) in [6, 6.07) is 8.11. The number of para-hydroxylation sites is 1. The Kier molecular flexibility index (Phi) is 7.87. The highest BCUT2D eigenvalue weighted by atomic mass is 16.5. The van der Waals surface area contributed by atoms with Crippen LogP contribution in [0.4, 0.5) is 0 Å². The molecule has 132 valence electrons. The lowest BCUT2D eigenvalue weighted by Crippen LogP contribution is -2.29. The molecule has 0 spiro atoms. The number of esters is 1. The van der Waals surface area contributed by atoms with Crippen LogP contribution in [-0.4, -0.2) is 18.7 Å². The maximum atomic E-state index is 12.2. The highest BCUT2D eigenvalue weighted by Crippen LogP contribution is 2.39. The predicted molar refractivity (Wildman–Crippen MR) is 97.4 cm³/mol. The van der Waals surface area contributed by atoms with Gasteiger partial charge in [-0.3, -0.25) is 4.79 Å². The Morgan fingerprint density at radius 1 is 1.25 bits per heavy atom. The van der Waals surface area contributed by atoms with Gasteiger partial charge in [0, 0.05) is 17.9 Å². The summed E-state index contributed by atoms with van der Waals surface area (Å²) < 4.78 is 11.7. The van der Waals surface area contributed by atoms with E-state index in [0.717, 1.165) is 49.8 Å². The van der Waals surface area contributed by atoms with E-state index in [4.69, 9.17) is 9.47 Å². The summed E-state index contributed by atoms with van der Waals surface area (Å²) in [5, 5.41) is 0. The molecule has 1 aromatic rings. The summed E-state index contributed by atoms with van der Waals surface area (Å²) in [6.07, 6.45) is 9.67. The SMILES string of the molecule is C=CCOc1ccccc1[C@@H]1CCCC[C@H]1OC(=O)CCCCC. The van der Waals surface area contributed by atoms with Crippen LogP contribution in [0, 0.1) is 0 Å². The number of unbranched alkanes of at least 4 members (excludes halogenated alkanes) is 2. The first-order chi connectivity index (χ1) is 11.8. The van der Waals surface area contributed by atoms with Crippen molar-refractivity contribution in [2.24, 2.45) is 0 Å². The molecule has 2 atom stereocenters. The van der Waals surface area contributed by atoms with E-state index >= 15 is 0 Å². The molecule has 1 aromatic carbocycles. The van der Waals surface area contributed by atoms with Crippen molar-refractivity contribution in [2.45, 2.75) is 70.3 Å². The number of carbonyl (C=O) groups excluding carboxylic acids is 1. The van der Waals surface area contributed by atoms with Crippen molar-refractivity contribution in [1.82, 2.24) is 0 Å². The summed E-state index contributed by atoms with van der Waals surface area (Å²) in [4.78, 5) is 12.2. The lowest BCUT2D eigenvalue weighted by Gasteiger charge is -2.32. The molecule has 24 heavy (non-hydrogen) atoms. The number of hydrogen-bond donors (Lipinski definition) is 0. The first kappa shape index (κ1) is 18.6. The average Bonchev–Trinajstić information content (AvgIpc) is 2.61. The van der Waals surface area contributed by atoms with E-state index < -0.39 is 0 Å². The van der Waals surface area contributed by atoms with E-state index in [2.05, 4.69) is 19.6 Å². The molecule has 2 rings (SSSR count). The van der Waals surface area contributed by atoms with Crippen molar-refractivity contribution in [3.63, 3.8) is 0 Å². The lowest BCUT2D eigenvalue weighted by atomic mass is 9.81. The molecule has 0 radical (unpaired) electrons. The standard InChI is InChI=1S/C21H30O3/c1-3-5-6-15-21(22)24-20-14-10-8-12-18(20)17-11-7-9-13-19(17)23-16-4-2/h4,7,9,11,13,18,20H,2-3,5-6,8,10,12,14-16H2,1H3/t18-,20+/m0/s1. The van der Waals surface area contributed by atoms with Crippen LogP contribution in [0.2, 0.25) is 0 Å². The minimum atomic E-state index is -0.0511. The van der Waals surface area contributed by atoms with E-state index in [1.807, 2.05) is 18.2 Å². The maximum absolute atomic E-state index is 12.2. The molecule has 3 nitrogen and oxygen atoms in total. The third-order valence-electron chi connectivity index (χ3n) is 4.64. The van der Waals surface area contributed by atoms with Crippen molar-refractivity contribution in [2.75, 3.05) is 6.61 Å². The zero-order valence-corrected chi connectivity index (χ0v) is 14.8. The quantitative estimate of drug-likeness (QED) is 0.345. The van der Waals surface area contributed by atoms with Gasteiger partial charge in [-0.1, -0.05) is 57.0 Å². The average molecular weight is 330 g/mol. The number of rotatable bonds is 9. The molecule has 1 aliphatic rings. The smallest absolute Gasteiger partial charge is 0.306 e. The van der Waals surface area contributed by atoms with E-state index in [1.165, 1.54) is 6.42 Å². The predicted octanol–water partition coefficient (Wildman–Crippen LogP) is 5.40. The van der Waals surface area contributed by atoms with Crippen molar-refractivity contribution >= 4 is 5.97 Å². The van der Waals surface area contributed by atoms with Gasteiger partial charge in [0.2, 0.25) is 0 Å². The van der Waals surface area contributed by atoms with Crippen molar-refractivity contribution < 1.29 is 14.3 Å². The van der Waals surface area contributed by atoms with Crippen molar-refractivity contribution in [3.8, 4) is 5.75 Å². The van der Waals surface area contributed by atoms with Crippen LogP contribution in [-0.2, 0) is 9.53 Å². The normalized spacial score (nSPS) is 20.4. The fraction of sp³-hybridized carbons (Fsp3) is 0.571. The first-order valence-corrected chi connectivity index (χ1v) is 9.28. The Morgan fingerprint density at radius 2 is 2.04 bits per heavy atom. The molecule has 0 bridgehead atoms. The molecule has 0 saturated heterocycles. The fourth-order valence-corrected chi connectivity index (χ4v) is 3.41. The summed E-state index contributed by atoms with van der Waals surface area (Å²) >= 11 is 0. The lowest BCUT2D eigenvalue weighted by molar-refractivity contribution is -0.151. The van der Waals surface area contributed by atoms with Gasteiger partial charge < -0.3 is 9.47 Å². The minimum Gasteiger partial charge on any atom is -0.489 e. The molecule has 0 aliphatic heterocycles. The van der Waals surface area contributed by atoms with Gasteiger partial charge in [0.05, 0.1) is 0 Å². The van der Waals surface area contributed by atoms with Gasteiger partial charge in [0.25, 0.3) is 0 Å². The maximum Gasteiger partial charge on any atom is 0.306 e. The summed E-state index contributed by atoms with van der Waals surface area (Å²) in [5.41, 5.74) is 1.16. The Morgan fingerprint density at radius 3 is 2.83 bits per heavy atom. The Balaban J connectivity index is 2.06. The van der Waals surface area contributed by atoms with Crippen LogP contribution in [0.5, 0.6) is 5.75 Å². The number of hydrogen-bond acceptors (Lipinski definition) is 3. The Bertz CT molecular complexity index is 524. The van der Waals surface area contributed by atoms with Gasteiger partial charge in [-0.25, -0.2) is 0 Å². The zero-order valence-electron chi connectivity index (χ0n) is 14.8. The largest absolute Gasteiger partial charge is 0.489 e. The van der Waals surface area contributed by atoms with Gasteiger partial charge in [-0.2, -0.15) is 0 Å². The molecule has 0 amide bonds. The molecular weight excluding hydrogens is 300 g/mol. The van der Waals surface area contributed by atoms with Gasteiger partial charge in [0.15, 0.2) is 0 Å². The molecule has 1 fully saturated rings. The van der Waals surface area contributed by atoms with Crippen LogP contribution < -0.4 is 4.74 Å². The molecule has 1 aliphatic carbocycles. The Labute approximate surface area is 146 Å². The summed E-state index contributed by atoms with van der Waals surface area (Å²) in [7, 11) is 0. The van der Waals surface area contributed by atoms with Crippen LogP contribution in [0.15, 0.2) is 36.9 Å². The second-order valence-electron chi connectivity index (χ2n) is 6.51. The molecular formula is C21H30O3. The van der Waals surface area contributed by atoms with E-state index in [9.17, 15) is 4.79 Å². The monoisotopic (exact) mass is 330 g/mol. The van der Waals surface area contributed by atoms with E-state index in [1.54, 1.807) is 6.08 Å². The second kappa shape index (κ2) is 10.2. The third-order valence-corrected chi connectivity index (χ3v) is 4.64. The van der Waals surface area contributed by atoms with Crippen LogP contribution >= 0.6 is 0 Å². The Hall–Kier alpha value is -1.77. The van der Waals surface area contributed by atoms with Gasteiger partial charge in [-0.15, -0.1) is 0 Å². The number of ether oxygens (including phenoxy) is 2. The molecule has 0 heterocycles. The van der Waals surface area contributed by atoms with Gasteiger partial charge in [-0.05, 0) is 31.7 Å². The summed E-state index contributed by atoms with van der Waals surface area (Å²) in [6.45, 7) is 6.35. The molecule has 0 N–H and O–H groups in total. The van der Waals surface area contributed by atoms with Gasteiger partial charge in [0.1, 0.15) is 18.5 Å². The van der Waals surface area contributed by atoms with E-state index in [0.29, 0.717) is 13.0 Å². The van der Waals surface area contributed by atoms with Crippen LogP contribution in [0.25, 0.3) is 0 Å². The highest BCUT2D eigenvalue weighted by Gasteiger charge is 2.31. The minimum absolute atomic E-state index is 0.0265. The van der Waals surface area contributed by atoms with Crippen molar-refractivity contribution in [1.29, 1.82) is 0 Å². The van der Waals surface area contributed by atoms with Gasteiger partial charge >= 0.3 is 5.97 Å².